The average molecular weight is 234 g/mol. The normalized spacial score (nSPS) is 11.1. The van der Waals surface area contributed by atoms with Gasteiger partial charge in [-0.25, -0.2) is 4.98 Å². The first-order chi connectivity index (χ1) is 7.75. The number of fused-ring (bicyclic) bond motifs is 1. The average Bonchev–Trinajstić information content (AvgIpc) is 2.83. The first-order valence-corrected chi connectivity index (χ1v) is 5.16. The standard InChI is InChI=1S/C11H8ClN3O/c1-15-5-4-13-11(15)10-8-6-7(12)2-3-9(8)14-16-10/h2-6H,1H3. The molecule has 2 aromatic heterocycles. The Kier molecular flexibility index (Phi) is 1.97. The van der Waals surface area contributed by atoms with Gasteiger partial charge >= 0.3 is 0 Å². The van der Waals surface area contributed by atoms with Gasteiger partial charge in [-0.1, -0.05) is 16.8 Å². The topological polar surface area (TPSA) is 43.9 Å². The van der Waals surface area contributed by atoms with E-state index in [1.54, 1.807) is 12.3 Å². The summed E-state index contributed by atoms with van der Waals surface area (Å²) >= 11 is 5.95. The van der Waals surface area contributed by atoms with E-state index in [2.05, 4.69) is 10.1 Å². The van der Waals surface area contributed by atoms with Crippen molar-refractivity contribution in [1.82, 2.24) is 14.7 Å². The fourth-order valence-electron chi connectivity index (χ4n) is 1.66. The molecule has 0 aliphatic carbocycles. The quantitative estimate of drug-likeness (QED) is 0.649. The molecule has 3 rings (SSSR count). The molecule has 0 spiro atoms. The van der Waals surface area contributed by atoms with Crippen molar-refractivity contribution in [3.63, 3.8) is 0 Å². The van der Waals surface area contributed by atoms with Gasteiger partial charge in [0.05, 0.1) is 5.39 Å². The molecular formula is C11H8ClN3O. The van der Waals surface area contributed by atoms with Crippen LogP contribution in [0, 0.1) is 0 Å². The maximum atomic E-state index is 5.95. The summed E-state index contributed by atoms with van der Waals surface area (Å²) in [6, 6.07) is 5.44. The van der Waals surface area contributed by atoms with Crippen molar-refractivity contribution >= 4 is 22.5 Å². The van der Waals surface area contributed by atoms with E-state index in [0.717, 1.165) is 16.7 Å². The lowest BCUT2D eigenvalue weighted by molar-refractivity contribution is 0.437. The molecule has 0 bridgehead atoms. The zero-order valence-corrected chi connectivity index (χ0v) is 9.27. The monoisotopic (exact) mass is 233 g/mol. The van der Waals surface area contributed by atoms with Crippen LogP contribution in [-0.4, -0.2) is 14.7 Å². The Labute approximate surface area is 96.4 Å². The third-order valence-electron chi connectivity index (χ3n) is 2.46. The Balaban J connectivity index is 2.32. The molecular weight excluding hydrogens is 226 g/mol. The minimum absolute atomic E-state index is 0.644. The largest absolute Gasteiger partial charge is 0.352 e. The van der Waals surface area contributed by atoms with Gasteiger partial charge < -0.3 is 9.09 Å². The summed E-state index contributed by atoms with van der Waals surface area (Å²) in [5.74, 6) is 1.38. The maximum absolute atomic E-state index is 5.95. The van der Waals surface area contributed by atoms with Gasteiger partial charge in [0.2, 0.25) is 5.76 Å². The van der Waals surface area contributed by atoms with Gasteiger partial charge in [-0.15, -0.1) is 0 Å². The summed E-state index contributed by atoms with van der Waals surface area (Å²) in [4.78, 5) is 4.22. The molecule has 3 aromatic rings. The fraction of sp³-hybridized carbons (Fsp3) is 0.0909. The molecule has 16 heavy (non-hydrogen) atoms. The number of hydrogen-bond acceptors (Lipinski definition) is 3. The molecule has 0 saturated carbocycles. The Bertz CT molecular complexity index is 656. The van der Waals surface area contributed by atoms with Crippen LogP contribution in [0.4, 0.5) is 0 Å². The number of hydrogen-bond donors (Lipinski definition) is 0. The molecule has 0 amide bonds. The number of rotatable bonds is 1. The van der Waals surface area contributed by atoms with Crippen molar-refractivity contribution in [2.24, 2.45) is 7.05 Å². The molecule has 0 radical (unpaired) electrons. The highest BCUT2D eigenvalue weighted by molar-refractivity contribution is 6.31. The van der Waals surface area contributed by atoms with Gasteiger partial charge in [0.15, 0.2) is 5.82 Å². The summed E-state index contributed by atoms with van der Waals surface area (Å²) in [7, 11) is 1.90. The van der Waals surface area contributed by atoms with Crippen molar-refractivity contribution in [2.75, 3.05) is 0 Å². The SMILES string of the molecule is Cn1ccnc1-c1onc2ccc(Cl)cc12. The summed E-state index contributed by atoms with van der Waals surface area (Å²) in [5.41, 5.74) is 0.780. The first-order valence-electron chi connectivity index (χ1n) is 4.78. The molecule has 80 valence electrons. The smallest absolute Gasteiger partial charge is 0.210 e. The zero-order valence-electron chi connectivity index (χ0n) is 8.51. The molecule has 4 nitrogen and oxygen atoms in total. The van der Waals surface area contributed by atoms with Crippen LogP contribution < -0.4 is 0 Å². The molecule has 0 aliphatic heterocycles. The van der Waals surface area contributed by atoms with Crippen molar-refractivity contribution < 1.29 is 4.52 Å². The van der Waals surface area contributed by atoms with E-state index in [1.807, 2.05) is 29.9 Å². The summed E-state index contributed by atoms with van der Waals surface area (Å²) in [5, 5.41) is 5.51. The van der Waals surface area contributed by atoms with E-state index in [-0.39, 0.29) is 0 Å². The first kappa shape index (κ1) is 9.42. The Morgan fingerprint density at radius 2 is 2.25 bits per heavy atom. The number of halogens is 1. The van der Waals surface area contributed by atoms with Gasteiger partial charge in [0.25, 0.3) is 0 Å². The number of imidazole rings is 1. The fourth-order valence-corrected chi connectivity index (χ4v) is 1.83. The summed E-state index contributed by atoms with van der Waals surface area (Å²) < 4.78 is 7.18. The predicted molar refractivity (Wildman–Crippen MR) is 61.2 cm³/mol. The number of nitrogens with zero attached hydrogens (tertiary/aromatic N) is 3. The van der Waals surface area contributed by atoms with Crippen LogP contribution in [0.15, 0.2) is 35.1 Å². The summed E-state index contributed by atoms with van der Waals surface area (Å²) in [6.07, 6.45) is 3.57. The van der Waals surface area contributed by atoms with E-state index in [1.165, 1.54) is 0 Å². The summed E-state index contributed by atoms with van der Waals surface area (Å²) in [6.45, 7) is 0. The third kappa shape index (κ3) is 1.31. The highest BCUT2D eigenvalue weighted by Crippen LogP contribution is 2.28. The minimum atomic E-state index is 0.644. The van der Waals surface area contributed by atoms with E-state index in [0.29, 0.717) is 10.8 Å². The molecule has 0 fully saturated rings. The van der Waals surface area contributed by atoms with Crippen LogP contribution in [0.5, 0.6) is 0 Å². The second kappa shape index (κ2) is 3.35. The maximum Gasteiger partial charge on any atom is 0.210 e. The van der Waals surface area contributed by atoms with Gasteiger partial charge in [-0.3, -0.25) is 0 Å². The lowest BCUT2D eigenvalue weighted by atomic mass is 10.2. The molecule has 0 N–H and O–H groups in total. The Morgan fingerprint density at radius 1 is 1.38 bits per heavy atom. The van der Waals surface area contributed by atoms with Crippen molar-refractivity contribution in [3.05, 3.63) is 35.6 Å². The van der Waals surface area contributed by atoms with E-state index in [4.69, 9.17) is 16.1 Å². The van der Waals surface area contributed by atoms with Gasteiger partial charge in [0, 0.05) is 24.5 Å². The van der Waals surface area contributed by atoms with Crippen LogP contribution in [0.3, 0.4) is 0 Å². The van der Waals surface area contributed by atoms with Crippen LogP contribution >= 0.6 is 11.6 Å². The predicted octanol–water partition coefficient (Wildman–Crippen LogP) is 2.88. The second-order valence-electron chi connectivity index (χ2n) is 3.53. The van der Waals surface area contributed by atoms with Crippen molar-refractivity contribution in [1.29, 1.82) is 0 Å². The van der Waals surface area contributed by atoms with Crippen molar-refractivity contribution in [2.45, 2.75) is 0 Å². The van der Waals surface area contributed by atoms with Crippen molar-refractivity contribution in [3.8, 4) is 11.6 Å². The van der Waals surface area contributed by atoms with Gasteiger partial charge in [0.1, 0.15) is 5.52 Å². The highest BCUT2D eigenvalue weighted by Gasteiger charge is 2.14. The van der Waals surface area contributed by atoms with E-state index < -0.39 is 0 Å². The van der Waals surface area contributed by atoms with Gasteiger partial charge in [-0.2, -0.15) is 0 Å². The van der Waals surface area contributed by atoms with Crippen LogP contribution in [0.1, 0.15) is 0 Å². The molecule has 0 aliphatic rings. The highest BCUT2D eigenvalue weighted by atomic mass is 35.5. The van der Waals surface area contributed by atoms with Crippen LogP contribution in [0.25, 0.3) is 22.5 Å². The molecule has 1 aromatic carbocycles. The number of aryl methyl sites for hydroxylation is 1. The second-order valence-corrected chi connectivity index (χ2v) is 3.97. The third-order valence-corrected chi connectivity index (χ3v) is 2.70. The number of benzene rings is 1. The van der Waals surface area contributed by atoms with Gasteiger partial charge in [-0.05, 0) is 18.2 Å². The molecule has 2 heterocycles. The lowest BCUT2D eigenvalue weighted by Crippen LogP contribution is -1.89. The molecule has 5 heteroatoms. The minimum Gasteiger partial charge on any atom is -0.352 e. The lowest BCUT2D eigenvalue weighted by Gasteiger charge is -1.96. The molecule has 0 saturated heterocycles. The zero-order chi connectivity index (χ0) is 11.1. The Morgan fingerprint density at radius 3 is 3.00 bits per heavy atom. The molecule has 0 unspecified atom stereocenters. The van der Waals surface area contributed by atoms with E-state index >= 15 is 0 Å². The van der Waals surface area contributed by atoms with Crippen LogP contribution in [0.2, 0.25) is 5.02 Å². The van der Waals surface area contributed by atoms with Crippen LogP contribution in [-0.2, 0) is 7.05 Å². The Hall–Kier alpha value is -1.81. The number of aromatic nitrogens is 3. The molecule has 0 atom stereocenters. The van der Waals surface area contributed by atoms with E-state index in [9.17, 15) is 0 Å².